The molecule has 0 aromatic heterocycles. The summed E-state index contributed by atoms with van der Waals surface area (Å²) < 4.78 is 15.8. The number of Topliss-reactive ketones (excluding diaryl/α,β-unsaturated/α-hetero) is 1. The SMILES string of the molecule is COC(=O)C1=C(C(=O)OC)[C@@H]2C[C@@H]3[C@H]4CC=C5C[C@@H](OC(C)=O)CC[C@]5(C)[C@@H]4CC[C@@]3(C)C2=C(C(C)=O)C1. The lowest BCUT2D eigenvalue weighted by molar-refractivity contribution is -0.148. The molecule has 7 nitrogen and oxygen atoms in total. The normalized spacial score (nSPS) is 37.7. The number of methoxy groups -OCH3 is 2. The van der Waals surface area contributed by atoms with E-state index in [4.69, 9.17) is 14.2 Å². The molecule has 0 amide bonds. The van der Waals surface area contributed by atoms with Crippen molar-refractivity contribution in [2.75, 3.05) is 14.2 Å². The van der Waals surface area contributed by atoms with E-state index in [0.717, 1.165) is 50.5 Å². The summed E-state index contributed by atoms with van der Waals surface area (Å²) in [6, 6.07) is 0. The maximum absolute atomic E-state index is 13.1. The summed E-state index contributed by atoms with van der Waals surface area (Å²) in [5.74, 6) is -0.445. The number of esters is 3. The molecule has 0 aromatic rings. The minimum Gasteiger partial charge on any atom is -0.466 e. The molecule has 0 bridgehead atoms. The highest BCUT2D eigenvalue weighted by Gasteiger charge is 2.62. The number of hydrogen-bond acceptors (Lipinski definition) is 7. The van der Waals surface area contributed by atoms with Crippen LogP contribution in [0.1, 0.15) is 79.1 Å². The van der Waals surface area contributed by atoms with Gasteiger partial charge in [-0.3, -0.25) is 9.59 Å². The lowest BCUT2D eigenvalue weighted by Gasteiger charge is -2.57. The average molecular weight is 525 g/mol. The summed E-state index contributed by atoms with van der Waals surface area (Å²) >= 11 is 0. The van der Waals surface area contributed by atoms with Gasteiger partial charge in [-0.2, -0.15) is 0 Å². The van der Waals surface area contributed by atoms with Crippen LogP contribution in [0.15, 0.2) is 33.9 Å². The first kappa shape index (κ1) is 26.9. The molecule has 7 atom stereocenters. The van der Waals surface area contributed by atoms with Crippen molar-refractivity contribution in [2.45, 2.75) is 85.2 Å². The van der Waals surface area contributed by atoms with E-state index in [2.05, 4.69) is 19.9 Å². The Balaban J connectivity index is 1.55. The maximum Gasteiger partial charge on any atom is 0.334 e. The molecule has 3 saturated carbocycles. The van der Waals surface area contributed by atoms with Gasteiger partial charge in [0, 0.05) is 25.7 Å². The molecule has 0 aromatic carbocycles. The third kappa shape index (κ3) is 3.91. The van der Waals surface area contributed by atoms with Crippen molar-refractivity contribution < 1.29 is 33.4 Å². The van der Waals surface area contributed by atoms with Gasteiger partial charge in [0.2, 0.25) is 0 Å². The molecule has 0 N–H and O–H groups in total. The summed E-state index contributed by atoms with van der Waals surface area (Å²) in [5.41, 5.74) is 3.63. The molecule has 38 heavy (non-hydrogen) atoms. The minimum absolute atomic E-state index is 0.0408. The van der Waals surface area contributed by atoms with Crippen LogP contribution in [-0.2, 0) is 33.4 Å². The van der Waals surface area contributed by atoms with Gasteiger partial charge in [0.05, 0.1) is 25.4 Å². The highest BCUT2D eigenvalue weighted by molar-refractivity contribution is 6.06. The second-order valence-electron chi connectivity index (χ2n) is 12.5. The monoisotopic (exact) mass is 524 g/mol. The average Bonchev–Trinajstić information content (AvgIpc) is 3.19. The predicted molar refractivity (Wildman–Crippen MR) is 140 cm³/mol. The molecule has 0 saturated heterocycles. The number of rotatable bonds is 4. The smallest absolute Gasteiger partial charge is 0.334 e. The fourth-order valence-electron chi connectivity index (χ4n) is 9.21. The van der Waals surface area contributed by atoms with E-state index in [9.17, 15) is 19.2 Å². The third-order valence-electron chi connectivity index (χ3n) is 10.8. The Kier molecular flexibility index (Phi) is 6.72. The second-order valence-corrected chi connectivity index (χ2v) is 12.5. The van der Waals surface area contributed by atoms with E-state index in [0.29, 0.717) is 23.0 Å². The largest absolute Gasteiger partial charge is 0.466 e. The highest BCUT2D eigenvalue weighted by atomic mass is 16.5. The van der Waals surface area contributed by atoms with Crippen molar-refractivity contribution in [3.05, 3.63) is 33.9 Å². The van der Waals surface area contributed by atoms with E-state index in [1.807, 2.05) is 0 Å². The molecular weight excluding hydrogens is 484 g/mol. The molecule has 0 aliphatic heterocycles. The molecule has 0 unspecified atom stereocenters. The van der Waals surface area contributed by atoms with Gasteiger partial charge in [-0.15, -0.1) is 0 Å². The number of carbonyl (C=O) groups is 4. The predicted octanol–water partition coefficient (Wildman–Crippen LogP) is 5.04. The van der Waals surface area contributed by atoms with Crippen LogP contribution in [-0.4, -0.2) is 44.0 Å². The first-order chi connectivity index (χ1) is 18.0. The highest BCUT2D eigenvalue weighted by Crippen LogP contribution is 2.69. The van der Waals surface area contributed by atoms with Crippen molar-refractivity contribution in [1.29, 1.82) is 0 Å². The Hall–Kier alpha value is -2.70. The number of allylic oxidation sites excluding steroid dienone is 3. The summed E-state index contributed by atoms with van der Waals surface area (Å²) in [6.45, 7) is 7.72. The number of hydrogen-bond donors (Lipinski definition) is 0. The molecular formula is C31H40O7. The third-order valence-corrected chi connectivity index (χ3v) is 10.8. The summed E-state index contributed by atoms with van der Waals surface area (Å²) in [7, 11) is 2.65. The van der Waals surface area contributed by atoms with Crippen LogP contribution in [0.25, 0.3) is 0 Å². The maximum atomic E-state index is 13.1. The molecule has 5 aliphatic carbocycles. The van der Waals surface area contributed by atoms with Crippen molar-refractivity contribution >= 4 is 23.7 Å². The van der Waals surface area contributed by atoms with Crippen LogP contribution in [0, 0.1) is 34.5 Å². The summed E-state index contributed by atoms with van der Waals surface area (Å²) in [4.78, 5) is 50.5. The lowest BCUT2D eigenvalue weighted by Crippen LogP contribution is -2.50. The van der Waals surface area contributed by atoms with Crippen LogP contribution >= 0.6 is 0 Å². The van der Waals surface area contributed by atoms with E-state index in [-0.39, 0.29) is 52.5 Å². The number of fused-ring (bicyclic) bond motifs is 7. The Morgan fingerprint density at radius 3 is 2.21 bits per heavy atom. The van der Waals surface area contributed by atoms with Crippen molar-refractivity contribution in [2.24, 2.45) is 34.5 Å². The first-order valence-corrected chi connectivity index (χ1v) is 14.0. The van der Waals surface area contributed by atoms with Gasteiger partial charge in [-0.1, -0.05) is 25.5 Å². The zero-order valence-electron chi connectivity index (χ0n) is 23.5. The Morgan fingerprint density at radius 2 is 1.58 bits per heavy atom. The van der Waals surface area contributed by atoms with Crippen LogP contribution in [0.3, 0.4) is 0 Å². The summed E-state index contributed by atoms with van der Waals surface area (Å²) in [6.07, 6.45) is 8.80. The molecule has 0 radical (unpaired) electrons. The van der Waals surface area contributed by atoms with Crippen molar-refractivity contribution in [3.63, 3.8) is 0 Å². The number of ether oxygens (including phenoxy) is 3. The van der Waals surface area contributed by atoms with Crippen LogP contribution < -0.4 is 0 Å². The standard InChI is InChI=1S/C31H40O7/c1-16(32)21-14-23(28(34)36-5)26(29(35)37-6)22-15-25-20-8-7-18-13-19(38-17(2)33)9-11-30(18,3)24(20)10-12-31(25,4)27(21)22/h7,19-20,22,24-25H,8-15H2,1-6H3/t19-,20-,22-,24+,25+,30-,31+/m0/s1. The fourth-order valence-corrected chi connectivity index (χ4v) is 9.21. The van der Waals surface area contributed by atoms with E-state index >= 15 is 0 Å². The molecule has 5 aliphatic rings. The van der Waals surface area contributed by atoms with Gasteiger partial charge in [0.1, 0.15) is 6.10 Å². The van der Waals surface area contributed by atoms with Gasteiger partial charge in [0.25, 0.3) is 0 Å². The van der Waals surface area contributed by atoms with Gasteiger partial charge in [0.15, 0.2) is 5.78 Å². The number of carbonyl (C=O) groups excluding carboxylic acids is 4. The Labute approximate surface area is 225 Å². The fraction of sp³-hybridized carbons (Fsp3) is 0.677. The molecule has 7 heteroatoms. The second kappa shape index (κ2) is 9.49. The van der Waals surface area contributed by atoms with E-state index in [1.165, 1.54) is 26.7 Å². The van der Waals surface area contributed by atoms with Gasteiger partial charge in [-0.05, 0) is 85.2 Å². The van der Waals surface area contributed by atoms with E-state index in [1.54, 1.807) is 6.92 Å². The van der Waals surface area contributed by atoms with Gasteiger partial charge < -0.3 is 14.2 Å². The minimum atomic E-state index is -0.566. The topological polar surface area (TPSA) is 96.0 Å². The van der Waals surface area contributed by atoms with Crippen LogP contribution in [0.2, 0.25) is 0 Å². The van der Waals surface area contributed by atoms with Crippen LogP contribution in [0.5, 0.6) is 0 Å². The Morgan fingerprint density at radius 1 is 0.895 bits per heavy atom. The van der Waals surface area contributed by atoms with Gasteiger partial charge >= 0.3 is 17.9 Å². The zero-order chi connectivity index (χ0) is 27.6. The van der Waals surface area contributed by atoms with Crippen molar-refractivity contribution in [1.82, 2.24) is 0 Å². The molecule has 206 valence electrons. The molecule has 0 spiro atoms. The summed E-state index contributed by atoms with van der Waals surface area (Å²) in [5, 5.41) is 0. The van der Waals surface area contributed by atoms with Crippen molar-refractivity contribution in [3.8, 4) is 0 Å². The van der Waals surface area contributed by atoms with Crippen LogP contribution in [0.4, 0.5) is 0 Å². The molecule has 5 rings (SSSR count). The first-order valence-electron chi connectivity index (χ1n) is 14.0. The van der Waals surface area contributed by atoms with E-state index < -0.39 is 11.9 Å². The lowest BCUT2D eigenvalue weighted by atomic mass is 9.47. The quantitative estimate of drug-likeness (QED) is 0.289. The Bertz CT molecular complexity index is 1190. The zero-order valence-corrected chi connectivity index (χ0v) is 23.5. The number of ketones is 1. The molecule has 3 fully saturated rings. The van der Waals surface area contributed by atoms with Gasteiger partial charge in [-0.25, -0.2) is 9.59 Å². The molecule has 0 heterocycles.